The highest BCUT2D eigenvalue weighted by Crippen LogP contribution is 2.34. The predicted molar refractivity (Wildman–Crippen MR) is 54.6 cm³/mol. The molecule has 1 aliphatic carbocycles. The lowest BCUT2D eigenvalue weighted by atomic mass is 9.96. The Balaban J connectivity index is 2.37. The lowest BCUT2D eigenvalue weighted by Gasteiger charge is -2.11. The minimum Gasteiger partial charge on any atom is -0.497 e. The van der Waals surface area contributed by atoms with Gasteiger partial charge >= 0.3 is 0 Å². The number of ether oxygens (including phenoxy) is 1. The molecule has 1 aromatic rings. The Bertz CT molecular complexity index is 387. The third kappa shape index (κ3) is 1.87. The number of halogens is 1. The molecule has 1 aliphatic rings. The van der Waals surface area contributed by atoms with Gasteiger partial charge in [-0.3, -0.25) is 4.79 Å². The Kier molecular flexibility index (Phi) is 2.71. The van der Waals surface area contributed by atoms with E-state index in [1.54, 1.807) is 12.1 Å². The zero-order valence-electron chi connectivity index (χ0n) is 8.63. The fourth-order valence-electron chi connectivity index (χ4n) is 2.06. The first-order valence-corrected chi connectivity index (χ1v) is 5.08. The van der Waals surface area contributed by atoms with Crippen LogP contribution in [0, 0.1) is 5.82 Å². The molecule has 2 nitrogen and oxygen atoms in total. The van der Waals surface area contributed by atoms with E-state index in [9.17, 15) is 9.18 Å². The molecular formula is C12H13FO2. The summed E-state index contributed by atoms with van der Waals surface area (Å²) in [4.78, 5) is 11.5. The molecule has 0 bridgehead atoms. The van der Waals surface area contributed by atoms with E-state index >= 15 is 0 Å². The molecule has 3 heteroatoms. The normalized spacial score (nSPS) is 20.7. The van der Waals surface area contributed by atoms with Crippen LogP contribution in [0.5, 0.6) is 5.75 Å². The molecule has 0 N–H and O–H groups in total. The Labute approximate surface area is 88.1 Å². The van der Waals surface area contributed by atoms with Crippen LogP contribution < -0.4 is 4.74 Å². The summed E-state index contributed by atoms with van der Waals surface area (Å²) in [7, 11) is 1.54. The molecular weight excluding hydrogens is 195 g/mol. The number of rotatable bonds is 2. The van der Waals surface area contributed by atoms with Gasteiger partial charge in [-0.1, -0.05) is 0 Å². The number of benzene rings is 1. The zero-order chi connectivity index (χ0) is 10.8. The highest BCUT2D eigenvalue weighted by molar-refractivity contribution is 5.87. The van der Waals surface area contributed by atoms with Crippen LogP contribution in [0.2, 0.25) is 0 Å². The second-order valence-corrected chi connectivity index (χ2v) is 3.80. The molecule has 15 heavy (non-hydrogen) atoms. The van der Waals surface area contributed by atoms with Crippen LogP contribution in [-0.2, 0) is 4.79 Å². The standard InChI is InChI=1S/C12H13FO2/c1-15-8-5-6-11(13)10(7-8)9-3-2-4-12(9)14/h5-7,9H,2-4H2,1H3. The summed E-state index contributed by atoms with van der Waals surface area (Å²) in [5.74, 6) is 0.171. The SMILES string of the molecule is COc1ccc(F)c(C2CCCC2=O)c1. The van der Waals surface area contributed by atoms with E-state index in [-0.39, 0.29) is 17.5 Å². The summed E-state index contributed by atoms with van der Waals surface area (Å²) < 4.78 is 18.6. The number of methoxy groups -OCH3 is 1. The van der Waals surface area contributed by atoms with E-state index in [0.717, 1.165) is 12.8 Å². The molecule has 1 saturated carbocycles. The van der Waals surface area contributed by atoms with Crippen molar-refractivity contribution < 1.29 is 13.9 Å². The average Bonchev–Trinajstić information content (AvgIpc) is 2.65. The molecule has 2 rings (SSSR count). The molecule has 0 heterocycles. The first-order valence-electron chi connectivity index (χ1n) is 5.08. The van der Waals surface area contributed by atoms with Gasteiger partial charge in [0, 0.05) is 17.9 Å². The Hall–Kier alpha value is -1.38. The van der Waals surface area contributed by atoms with E-state index in [2.05, 4.69) is 0 Å². The average molecular weight is 208 g/mol. The number of Topliss-reactive ketones (excluding diaryl/α,β-unsaturated/α-hetero) is 1. The van der Waals surface area contributed by atoms with Crippen LogP contribution >= 0.6 is 0 Å². The Morgan fingerprint density at radius 2 is 2.27 bits per heavy atom. The van der Waals surface area contributed by atoms with Crippen molar-refractivity contribution >= 4 is 5.78 Å². The lowest BCUT2D eigenvalue weighted by Crippen LogP contribution is -2.06. The van der Waals surface area contributed by atoms with Crippen LogP contribution in [-0.4, -0.2) is 12.9 Å². The fraction of sp³-hybridized carbons (Fsp3) is 0.417. The Morgan fingerprint density at radius 1 is 1.47 bits per heavy atom. The third-order valence-electron chi connectivity index (χ3n) is 2.88. The molecule has 1 unspecified atom stereocenters. The van der Waals surface area contributed by atoms with Crippen LogP contribution in [0.1, 0.15) is 30.7 Å². The molecule has 0 amide bonds. The van der Waals surface area contributed by atoms with Crippen molar-refractivity contribution in [2.45, 2.75) is 25.2 Å². The predicted octanol–water partition coefficient (Wildman–Crippen LogP) is 2.67. The first-order chi connectivity index (χ1) is 7.22. The van der Waals surface area contributed by atoms with Crippen molar-refractivity contribution in [1.29, 1.82) is 0 Å². The highest BCUT2D eigenvalue weighted by Gasteiger charge is 2.28. The topological polar surface area (TPSA) is 26.3 Å². The van der Waals surface area contributed by atoms with Gasteiger partial charge in [0.25, 0.3) is 0 Å². The first kappa shape index (κ1) is 10.1. The largest absolute Gasteiger partial charge is 0.497 e. The summed E-state index contributed by atoms with van der Waals surface area (Å²) in [5, 5.41) is 0. The van der Waals surface area contributed by atoms with Gasteiger partial charge in [0.1, 0.15) is 17.3 Å². The molecule has 1 atom stereocenters. The van der Waals surface area contributed by atoms with Crippen molar-refractivity contribution in [3.8, 4) is 5.75 Å². The van der Waals surface area contributed by atoms with E-state index in [1.165, 1.54) is 13.2 Å². The second kappa shape index (κ2) is 4.01. The van der Waals surface area contributed by atoms with Crippen LogP contribution in [0.15, 0.2) is 18.2 Å². The van der Waals surface area contributed by atoms with E-state index in [0.29, 0.717) is 17.7 Å². The molecule has 0 saturated heterocycles. The lowest BCUT2D eigenvalue weighted by molar-refractivity contribution is -0.118. The van der Waals surface area contributed by atoms with Gasteiger partial charge in [-0.2, -0.15) is 0 Å². The molecule has 0 aliphatic heterocycles. The molecule has 1 fully saturated rings. The van der Waals surface area contributed by atoms with Gasteiger partial charge in [0.2, 0.25) is 0 Å². The van der Waals surface area contributed by atoms with Crippen molar-refractivity contribution in [3.63, 3.8) is 0 Å². The maximum atomic E-state index is 13.5. The number of hydrogen-bond acceptors (Lipinski definition) is 2. The summed E-state index contributed by atoms with van der Waals surface area (Å²) in [5.41, 5.74) is 0.483. The quantitative estimate of drug-likeness (QED) is 0.746. The summed E-state index contributed by atoms with van der Waals surface area (Å²) in [6, 6.07) is 4.56. The van der Waals surface area contributed by atoms with Crippen LogP contribution in [0.25, 0.3) is 0 Å². The molecule has 1 aromatic carbocycles. The van der Waals surface area contributed by atoms with Crippen LogP contribution in [0.3, 0.4) is 0 Å². The minimum absolute atomic E-state index is 0.141. The molecule has 0 spiro atoms. The maximum absolute atomic E-state index is 13.5. The van der Waals surface area contributed by atoms with Crippen molar-refractivity contribution in [2.75, 3.05) is 7.11 Å². The molecule has 80 valence electrons. The summed E-state index contributed by atoms with van der Waals surface area (Å²) in [6.45, 7) is 0. The monoisotopic (exact) mass is 208 g/mol. The summed E-state index contributed by atoms with van der Waals surface area (Å²) in [6.07, 6.45) is 2.18. The van der Waals surface area contributed by atoms with Gasteiger partial charge in [-0.25, -0.2) is 4.39 Å². The van der Waals surface area contributed by atoms with E-state index in [1.807, 2.05) is 0 Å². The van der Waals surface area contributed by atoms with E-state index < -0.39 is 0 Å². The van der Waals surface area contributed by atoms with Gasteiger partial charge in [0.15, 0.2) is 0 Å². The molecule has 0 aromatic heterocycles. The van der Waals surface area contributed by atoms with Gasteiger partial charge < -0.3 is 4.74 Å². The van der Waals surface area contributed by atoms with Crippen LogP contribution in [0.4, 0.5) is 4.39 Å². The number of carbonyl (C=O) groups is 1. The highest BCUT2D eigenvalue weighted by atomic mass is 19.1. The van der Waals surface area contributed by atoms with Crippen molar-refractivity contribution in [3.05, 3.63) is 29.6 Å². The van der Waals surface area contributed by atoms with Gasteiger partial charge in [-0.15, -0.1) is 0 Å². The third-order valence-corrected chi connectivity index (χ3v) is 2.88. The summed E-state index contributed by atoms with van der Waals surface area (Å²) >= 11 is 0. The second-order valence-electron chi connectivity index (χ2n) is 3.80. The number of hydrogen-bond donors (Lipinski definition) is 0. The van der Waals surface area contributed by atoms with Crippen molar-refractivity contribution in [2.24, 2.45) is 0 Å². The fourth-order valence-corrected chi connectivity index (χ4v) is 2.06. The number of ketones is 1. The van der Waals surface area contributed by atoms with Gasteiger partial charge in [-0.05, 0) is 31.0 Å². The minimum atomic E-state index is -0.309. The number of carbonyl (C=O) groups excluding carboxylic acids is 1. The van der Waals surface area contributed by atoms with Crippen molar-refractivity contribution in [1.82, 2.24) is 0 Å². The molecule has 0 radical (unpaired) electrons. The van der Waals surface area contributed by atoms with Gasteiger partial charge in [0.05, 0.1) is 7.11 Å². The maximum Gasteiger partial charge on any atom is 0.140 e. The smallest absolute Gasteiger partial charge is 0.140 e. The van der Waals surface area contributed by atoms with E-state index in [4.69, 9.17) is 4.74 Å². The zero-order valence-corrected chi connectivity index (χ0v) is 8.63. The Morgan fingerprint density at radius 3 is 2.87 bits per heavy atom.